The van der Waals surface area contributed by atoms with Gasteiger partial charge in [-0.1, -0.05) is 5.21 Å². The number of aromatic nitrogens is 7. The Hall–Kier alpha value is -2.52. The van der Waals surface area contributed by atoms with Gasteiger partial charge >= 0.3 is 13.4 Å². The molecule has 0 radical (unpaired) electrons. The van der Waals surface area contributed by atoms with Crippen LogP contribution in [0.1, 0.15) is 18.9 Å². The van der Waals surface area contributed by atoms with E-state index in [1.165, 1.54) is 0 Å². The molecule has 2 bridgehead atoms. The van der Waals surface area contributed by atoms with E-state index in [4.69, 9.17) is 62.6 Å². The fourth-order valence-electron chi connectivity index (χ4n) is 5.33. The lowest BCUT2D eigenvalue weighted by atomic mass is 10.1. The van der Waals surface area contributed by atoms with Gasteiger partial charge in [-0.15, -0.1) is 5.10 Å². The van der Waals surface area contributed by atoms with Crippen molar-refractivity contribution in [2.24, 2.45) is 0 Å². The summed E-state index contributed by atoms with van der Waals surface area (Å²) in [6, 6.07) is 3.45. The zero-order valence-electron chi connectivity index (χ0n) is 22.2. The number of hydrogen-bond acceptors (Lipinski definition) is 15. The smallest absolute Gasteiger partial charge is 0.325 e. The van der Waals surface area contributed by atoms with Crippen LogP contribution in [-0.2, 0) is 51.2 Å². The van der Waals surface area contributed by atoms with Gasteiger partial charge in [-0.25, -0.2) is 9.37 Å². The van der Waals surface area contributed by atoms with Crippen LogP contribution in [0, 0.1) is 0 Å². The van der Waals surface area contributed by atoms with Crippen LogP contribution in [0.5, 0.6) is 0 Å². The second-order valence-corrected chi connectivity index (χ2v) is 15.7. The molecule has 2 unspecified atom stereocenters. The third-order valence-corrected chi connectivity index (χ3v) is 10.5. The van der Waals surface area contributed by atoms with Gasteiger partial charge in [0, 0.05) is 29.9 Å². The van der Waals surface area contributed by atoms with E-state index in [9.17, 15) is 14.6 Å². The predicted molar refractivity (Wildman–Crippen MR) is 156 cm³/mol. The molecule has 9 atom stereocenters. The summed E-state index contributed by atoms with van der Waals surface area (Å²) < 4.78 is 53.1. The second kappa shape index (κ2) is 11.1. The molecule has 44 heavy (non-hydrogen) atoms. The van der Waals surface area contributed by atoms with Gasteiger partial charge in [0.25, 0.3) is 5.56 Å². The normalized spacial score (nSPS) is 36.6. The number of hydrogen-bond donors (Lipinski definition) is 5. The highest BCUT2D eigenvalue weighted by Crippen LogP contribution is 2.54. The summed E-state index contributed by atoms with van der Waals surface area (Å²) in [4.78, 5) is 44.9. The summed E-state index contributed by atoms with van der Waals surface area (Å²) in [6.45, 7) is -9.22. The fourth-order valence-corrected chi connectivity index (χ4v) is 8.21. The number of alkyl halides is 1. The first-order valence-electron chi connectivity index (χ1n) is 13.0. The third-order valence-electron chi connectivity index (χ3n) is 7.33. The van der Waals surface area contributed by atoms with E-state index in [1.807, 2.05) is 0 Å². The Kier molecular flexibility index (Phi) is 7.59. The van der Waals surface area contributed by atoms with Crippen molar-refractivity contribution >= 4 is 70.9 Å². The van der Waals surface area contributed by atoms with E-state index in [1.54, 1.807) is 29.1 Å². The van der Waals surface area contributed by atoms with Gasteiger partial charge in [0.15, 0.2) is 23.6 Å². The fraction of sp³-hybridized carbons (Fsp3) is 0.476. The van der Waals surface area contributed by atoms with Crippen molar-refractivity contribution in [3.8, 4) is 0 Å². The first kappa shape index (κ1) is 30.2. The minimum atomic E-state index is -4.21. The molecule has 7 rings (SSSR count). The van der Waals surface area contributed by atoms with Crippen molar-refractivity contribution in [3.63, 3.8) is 0 Å². The number of H-pyrrole nitrogens is 1. The van der Waals surface area contributed by atoms with E-state index in [0.717, 1.165) is 4.68 Å². The average molecular weight is 692 g/mol. The van der Waals surface area contributed by atoms with Gasteiger partial charge in [-0.2, -0.15) is 9.67 Å². The van der Waals surface area contributed by atoms with E-state index in [2.05, 4.69) is 25.3 Å². The molecule has 23 heteroatoms. The predicted octanol–water partition coefficient (Wildman–Crippen LogP) is 0.503. The lowest BCUT2D eigenvalue weighted by Gasteiger charge is -2.27. The topological polar surface area (TPSA) is 242 Å². The maximum Gasteiger partial charge on any atom is 0.325 e. The maximum atomic E-state index is 15.8. The van der Waals surface area contributed by atoms with Gasteiger partial charge in [0.1, 0.15) is 30.2 Å². The molecule has 236 valence electrons. The molecule has 3 fully saturated rings. The minimum absolute atomic E-state index is 0.149. The number of nitrogen functional groups attached to an aromatic ring is 2. The first-order valence-corrected chi connectivity index (χ1v) is 18.2. The monoisotopic (exact) mass is 691 g/mol. The maximum absolute atomic E-state index is 15.8. The number of nitrogens with two attached hydrogens (primary N) is 2. The van der Waals surface area contributed by atoms with Gasteiger partial charge in [0.05, 0.1) is 19.3 Å². The van der Waals surface area contributed by atoms with Crippen molar-refractivity contribution in [2.75, 3.05) is 24.7 Å². The molecule has 7 heterocycles. The lowest BCUT2D eigenvalue weighted by Crippen LogP contribution is -2.32. The van der Waals surface area contributed by atoms with Crippen molar-refractivity contribution < 1.29 is 41.7 Å². The van der Waals surface area contributed by atoms with Crippen LogP contribution in [0.15, 0.2) is 29.3 Å². The van der Waals surface area contributed by atoms with Crippen LogP contribution in [0.4, 0.5) is 16.0 Å². The van der Waals surface area contributed by atoms with E-state index in [-0.39, 0.29) is 23.5 Å². The molecule has 0 aliphatic carbocycles. The number of fused-ring (bicyclic) bond motifs is 5. The number of ether oxygens (including phenoxy) is 2. The zero-order chi connectivity index (χ0) is 31.0. The highest BCUT2D eigenvalue weighted by Gasteiger charge is 2.52. The number of anilines is 2. The van der Waals surface area contributed by atoms with Crippen molar-refractivity contribution in [2.45, 2.75) is 49.5 Å². The van der Waals surface area contributed by atoms with Crippen LogP contribution in [-0.4, -0.2) is 88.1 Å². The zero-order valence-corrected chi connectivity index (χ0v) is 25.6. The summed E-state index contributed by atoms with van der Waals surface area (Å²) in [5.41, 5.74) is 11.8. The number of aromatic amines is 1. The molecule has 0 spiro atoms. The Labute approximate surface area is 255 Å². The van der Waals surface area contributed by atoms with Gasteiger partial charge in [-0.3, -0.25) is 14.3 Å². The van der Waals surface area contributed by atoms with E-state index >= 15 is 4.39 Å². The van der Waals surface area contributed by atoms with Crippen LogP contribution in [0.3, 0.4) is 0 Å². The Morgan fingerprint density at radius 1 is 1.05 bits per heavy atom. The van der Waals surface area contributed by atoms with E-state index < -0.39 is 75.3 Å². The molecule has 0 amide bonds. The van der Waals surface area contributed by atoms with Crippen molar-refractivity contribution in [1.29, 1.82) is 0 Å². The number of nitrogens with zero attached hydrogens (tertiary/aromatic N) is 6. The standard InChI is InChI=1S/C21H24FN9O9P2S2/c22-14-12-7-36-41(33,43)39-10-5-13(30-4-2-8-9(23)1-3-25-17(8)30)37-11(10)6-35-42(34,44)40-16(14)20(38-12)31-18-15(28-29-31)19(32)27-21(24)26-18/h1-4,10-14,16,20H,5-7H2,(H2,23,25)(H,33,43)(H,34,44)(H3,24,26,27,32)/t10-,11+,12+,13+,14+,16-,20+,41?,42?/m0/s1. The summed E-state index contributed by atoms with van der Waals surface area (Å²) in [6.07, 6.45) is -5.60. The first-order chi connectivity index (χ1) is 20.9. The Balaban J connectivity index is 1.19. The molecular weight excluding hydrogens is 667 g/mol. The molecule has 7 N–H and O–H groups in total. The van der Waals surface area contributed by atoms with E-state index in [0.29, 0.717) is 16.7 Å². The van der Waals surface area contributed by atoms with Crippen LogP contribution < -0.4 is 17.0 Å². The quantitative estimate of drug-likeness (QED) is 0.180. The number of pyridine rings is 1. The largest absolute Gasteiger partial charge is 0.398 e. The lowest BCUT2D eigenvalue weighted by molar-refractivity contribution is -0.0638. The Morgan fingerprint density at radius 3 is 2.59 bits per heavy atom. The molecule has 3 aliphatic rings. The molecule has 4 aromatic heterocycles. The van der Waals surface area contributed by atoms with Crippen molar-refractivity contribution in [1.82, 2.24) is 34.5 Å². The SMILES string of the molecule is Nc1nc2c(nnn2[C@@H]2O[C@@H]3COP(O)(=S)O[C@H]4C[C@H](n5ccc6c(N)ccnc65)O[C@@H]4COP(O)(=S)O[C@H]2[C@@H]3F)c(=O)[nH]1. The second-order valence-electron chi connectivity index (χ2n) is 10.1. The highest BCUT2D eigenvalue weighted by molar-refractivity contribution is 8.07. The molecule has 4 aromatic rings. The number of halogens is 1. The van der Waals surface area contributed by atoms with Crippen molar-refractivity contribution in [3.05, 3.63) is 34.9 Å². The molecule has 3 saturated heterocycles. The average Bonchev–Trinajstić information content (AvgIpc) is 3.72. The summed E-state index contributed by atoms with van der Waals surface area (Å²) in [7, 11) is 0. The molecule has 18 nitrogen and oxygen atoms in total. The summed E-state index contributed by atoms with van der Waals surface area (Å²) in [5, 5.41) is 8.34. The Morgan fingerprint density at radius 2 is 1.80 bits per heavy atom. The number of rotatable bonds is 2. The number of nitrogens with one attached hydrogen (secondary N) is 1. The van der Waals surface area contributed by atoms with Crippen LogP contribution in [0.2, 0.25) is 0 Å². The molecular formula is C21H24FN9O9P2S2. The third kappa shape index (κ3) is 5.46. The Bertz CT molecular complexity index is 1910. The minimum Gasteiger partial charge on any atom is -0.398 e. The summed E-state index contributed by atoms with van der Waals surface area (Å²) in [5.74, 6) is -0.259. The van der Waals surface area contributed by atoms with Crippen LogP contribution >= 0.6 is 13.4 Å². The van der Waals surface area contributed by atoms with Gasteiger partial charge in [0.2, 0.25) is 5.95 Å². The molecule has 0 aromatic carbocycles. The summed E-state index contributed by atoms with van der Waals surface area (Å²) >= 11 is 10.5. The molecule has 3 aliphatic heterocycles. The van der Waals surface area contributed by atoms with Gasteiger partial charge in [-0.05, 0) is 35.7 Å². The highest BCUT2D eigenvalue weighted by atomic mass is 32.5. The van der Waals surface area contributed by atoms with Crippen LogP contribution in [0.25, 0.3) is 22.2 Å². The molecule has 0 saturated carbocycles. The van der Waals surface area contributed by atoms with Gasteiger partial charge < -0.3 is 48.9 Å².